The molecule has 2 radical (unpaired) electrons. The Hall–Kier alpha value is 0.842. The Morgan fingerprint density at radius 2 is 1.00 bits per heavy atom. The van der Waals surface area contributed by atoms with Crippen LogP contribution in [0.15, 0.2) is 0 Å². The van der Waals surface area contributed by atoms with Crippen LogP contribution < -0.4 is 10.6 Å². The topological polar surface area (TPSA) is 24.1 Å². The Balaban J connectivity index is 0.000000360. The standard InChI is InChI=1S/C4H10N2.Pb.2H/c1-2-6-4-3-5-1;;;/h5-6H,1-4H2;;;. The molecule has 0 amide bonds. The van der Waals surface area contributed by atoms with Crippen LogP contribution in [0.4, 0.5) is 0 Å². The Labute approximate surface area is 64.2 Å². The first-order valence-electron chi connectivity index (χ1n) is 2.41. The number of nitrogens with one attached hydrogen (secondary N) is 2. The van der Waals surface area contributed by atoms with E-state index in [1.807, 2.05) is 0 Å². The summed E-state index contributed by atoms with van der Waals surface area (Å²) in [5, 5.41) is 6.44. The summed E-state index contributed by atoms with van der Waals surface area (Å²) >= 11 is 0. The van der Waals surface area contributed by atoms with Crippen LogP contribution >= 0.6 is 0 Å². The van der Waals surface area contributed by atoms with Crippen LogP contribution in [-0.4, -0.2) is 53.5 Å². The molecular weight excluding hydrogens is 283 g/mol. The van der Waals surface area contributed by atoms with Gasteiger partial charge in [0.2, 0.25) is 0 Å². The first kappa shape index (κ1) is 7.84. The van der Waals surface area contributed by atoms with Crippen LogP contribution in [0.5, 0.6) is 0 Å². The quantitative estimate of drug-likeness (QED) is 0.519. The van der Waals surface area contributed by atoms with Gasteiger partial charge in [0.1, 0.15) is 0 Å². The zero-order valence-corrected chi connectivity index (χ0v) is 10.0. The maximum atomic E-state index is 3.22. The van der Waals surface area contributed by atoms with Crippen molar-refractivity contribution in [1.82, 2.24) is 10.6 Å². The van der Waals surface area contributed by atoms with Gasteiger partial charge in [-0.05, 0) is 0 Å². The van der Waals surface area contributed by atoms with Crippen LogP contribution in [0.3, 0.4) is 0 Å². The Morgan fingerprint density at radius 3 is 1.14 bits per heavy atom. The average molecular weight is 295 g/mol. The van der Waals surface area contributed by atoms with Crippen molar-refractivity contribution in [1.29, 1.82) is 0 Å². The van der Waals surface area contributed by atoms with Crippen molar-refractivity contribution in [2.45, 2.75) is 0 Å². The molecule has 0 unspecified atom stereocenters. The molecule has 2 N–H and O–H groups in total. The van der Waals surface area contributed by atoms with Gasteiger partial charge in [-0.3, -0.25) is 0 Å². The average Bonchev–Trinajstić information content (AvgIpc) is 1.72. The van der Waals surface area contributed by atoms with Gasteiger partial charge in [0.25, 0.3) is 0 Å². The van der Waals surface area contributed by atoms with Gasteiger partial charge in [-0.15, -0.1) is 0 Å². The number of hydrogen-bond donors (Lipinski definition) is 2. The predicted octanol–water partition coefficient (Wildman–Crippen LogP) is -1.74. The predicted molar refractivity (Wildman–Crippen MR) is 34.3 cm³/mol. The van der Waals surface area contributed by atoms with E-state index < -0.39 is 0 Å². The van der Waals surface area contributed by atoms with Crippen molar-refractivity contribution in [3.05, 3.63) is 0 Å². The third kappa shape index (κ3) is 3.43. The molecule has 0 atom stereocenters. The summed E-state index contributed by atoms with van der Waals surface area (Å²) in [6, 6.07) is 0. The Kier molecular flexibility index (Phi) is 5.59. The molecule has 0 saturated carbocycles. The van der Waals surface area contributed by atoms with Crippen LogP contribution in [0.1, 0.15) is 0 Å². The van der Waals surface area contributed by atoms with Crippen molar-refractivity contribution in [3.63, 3.8) is 0 Å². The molecule has 1 aliphatic rings. The van der Waals surface area contributed by atoms with E-state index in [-0.39, 0.29) is 27.3 Å². The van der Waals surface area contributed by atoms with E-state index in [1.54, 1.807) is 0 Å². The summed E-state index contributed by atoms with van der Waals surface area (Å²) in [6.45, 7) is 4.56. The molecule has 1 saturated heterocycles. The van der Waals surface area contributed by atoms with E-state index in [0.29, 0.717) is 0 Å². The van der Waals surface area contributed by atoms with Gasteiger partial charge in [0, 0.05) is 26.2 Å². The van der Waals surface area contributed by atoms with Crippen molar-refractivity contribution >= 4 is 27.3 Å². The summed E-state index contributed by atoms with van der Waals surface area (Å²) in [5.41, 5.74) is 0. The van der Waals surface area contributed by atoms with Gasteiger partial charge in [-0.1, -0.05) is 0 Å². The third-order valence-electron chi connectivity index (χ3n) is 0.957. The van der Waals surface area contributed by atoms with Crippen LogP contribution in [0.25, 0.3) is 0 Å². The monoisotopic (exact) mass is 296 g/mol. The normalized spacial score (nSPS) is 20.6. The molecule has 1 rings (SSSR count). The van der Waals surface area contributed by atoms with Crippen LogP contribution in [0, 0.1) is 0 Å². The summed E-state index contributed by atoms with van der Waals surface area (Å²) < 4.78 is 0. The van der Waals surface area contributed by atoms with Crippen molar-refractivity contribution in [2.75, 3.05) is 26.2 Å². The third-order valence-corrected chi connectivity index (χ3v) is 0.957. The maximum absolute atomic E-state index is 3.22. The molecule has 0 spiro atoms. The van der Waals surface area contributed by atoms with Crippen molar-refractivity contribution < 1.29 is 0 Å². The number of hydrogen-bond acceptors (Lipinski definition) is 2. The first-order chi connectivity index (χ1) is 3.00. The number of piperazine rings is 1. The summed E-state index contributed by atoms with van der Waals surface area (Å²) in [6.07, 6.45) is 0. The molecule has 0 bridgehead atoms. The second-order valence-corrected chi connectivity index (χ2v) is 1.50. The van der Waals surface area contributed by atoms with E-state index in [2.05, 4.69) is 10.6 Å². The van der Waals surface area contributed by atoms with Gasteiger partial charge in [-0.2, -0.15) is 0 Å². The second-order valence-electron chi connectivity index (χ2n) is 1.50. The van der Waals surface area contributed by atoms with E-state index >= 15 is 0 Å². The van der Waals surface area contributed by atoms with Crippen LogP contribution in [0.2, 0.25) is 0 Å². The van der Waals surface area contributed by atoms with E-state index in [0.717, 1.165) is 26.2 Å². The summed E-state index contributed by atoms with van der Waals surface area (Å²) in [5.74, 6) is 0. The minimum atomic E-state index is 0. The SMILES string of the molecule is C1CNCCN1.[PbH2]. The fourth-order valence-corrected chi connectivity index (χ4v) is 0.604. The second kappa shape index (κ2) is 4.99. The van der Waals surface area contributed by atoms with Gasteiger partial charge in [0.15, 0.2) is 0 Å². The molecular formula is C4H12N2Pb. The van der Waals surface area contributed by atoms with Gasteiger partial charge >= 0.3 is 27.3 Å². The summed E-state index contributed by atoms with van der Waals surface area (Å²) in [4.78, 5) is 0. The molecule has 42 valence electrons. The zero-order valence-electron chi connectivity index (χ0n) is 4.54. The molecule has 2 nitrogen and oxygen atoms in total. The van der Waals surface area contributed by atoms with Crippen molar-refractivity contribution in [2.24, 2.45) is 0 Å². The Bertz CT molecular complexity index is 25.2. The molecule has 1 fully saturated rings. The molecule has 1 heterocycles. The molecule has 0 aromatic carbocycles. The molecule has 3 heteroatoms. The zero-order chi connectivity index (χ0) is 4.24. The minimum absolute atomic E-state index is 0. The molecule has 0 aromatic rings. The first-order valence-corrected chi connectivity index (χ1v) is 2.41. The fourth-order valence-electron chi connectivity index (χ4n) is 0.604. The van der Waals surface area contributed by atoms with Gasteiger partial charge in [-0.25, -0.2) is 0 Å². The Morgan fingerprint density at radius 1 is 0.714 bits per heavy atom. The van der Waals surface area contributed by atoms with E-state index in [4.69, 9.17) is 0 Å². The molecule has 0 aromatic heterocycles. The summed E-state index contributed by atoms with van der Waals surface area (Å²) in [7, 11) is 0. The molecule has 1 aliphatic heterocycles. The van der Waals surface area contributed by atoms with Gasteiger partial charge in [0.05, 0.1) is 0 Å². The van der Waals surface area contributed by atoms with Crippen molar-refractivity contribution in [3.8, 4) is 0 Å². The van der Waals surface area contributed by atoms with Crippen LogP contribution in [-0.2, 0) is 0 Å². The fraction of sp³-hybridized carbons (Fsp3) is 1.00. The van der Waals surface area contributed by atoms with Gasteiger partial charge < -0.3 is 10.6 Å². The molecule has 7 heavy (non-hydrogen) atoms. The van der Waals surface area contributed by atoms with E-state index in [9.17, 15) is 0 Å². The van der Waals surface area contributed by atoms with E-state index in [1.165, 1.54) is 0 Å². The number of rotatable bonds is 0. The molecule has 0 aliphatic carbocycles.